The summed E-state index contributed by atoms with van der Waals surface area (Å²) < 4.78 is 0. The molecule has 0 saturated carbocycles. The van der Waals surface area contributed by atoms with Gasteiger partial charge >= 0.3 is 0 Å². The van der Waals surface area contributed by atoms with E-state index in [1.807, 2.05) is 6.92 Å². The van der Waals surface area contributed by atoms with E-state index in [4.69, 9.17) is 5.84 Å². The third-order valence-corrected chi connectivity index (χ3v) is 2.90. The first-order chi connectivity index (χ1) is 8.08. The molecule has 1 rings (SSSR count). The summed E-state index contributed by atoms with van der Waals surface area (Å²) in [7, 11) is 0. The van der Waals surface area contributed by atoms with E-state index in [9.17, 15) is 4.79 Å². The van der Waals surface area contributed by atoms with Crippen molar-refractivity contribution in [3.05, 3.63) is 17.8 Å². The first-order valence-electron chi connectivity index (χ1n) is 5.69. The van der Waals surface area contributed by atoms with E-state index in [0.717, 1.165) is 6.42 Å². The van der Waals surface area contributed by atoms with Crippen LogP contribution in [0.15, 0.2) is 12.1 Å². The van der Waals surface area contributed by atoms with Gasteiger partial charge in [-0.05, 0) is 25.0 Å². The van der Waals surface area contributed by atoms with Crippen molar-refractivity contribution in [3.63, 3.8) is 0 Å². The van der Waals surface area contributed by atoms with Crippen LogP contribution in [0.5, 0.6) is 0 Å². The number of hydrazine groups is 1. The van der Waals surface area contributed by atoms with E-state index in [1.54, 1.807) is 12.1 Å². The Kier molecular flexibility index (Phi) is 4.84. The van der Waals surface area contributed by atoms with Crippen molar-refractivity contribution < 1.29 is 4.79 Å². The van der Waals surface area contributed by atoms with Crippen LogP contribution < -0.4 is 16.6 Å². The standard InChI is InChI=1S/C11H19N5O/c1-4-7(2)8(3)13-11(17)9-5-6-10(14-12)16-15-9/h5-8H,4,12H2,1-3H3,(H,13,17)(H,14,16). The Balaban J connectivity index is 2.63. The van der Waals surface area contributed by atoms with E-state index in [0.29, 0.717) is 17.4 Å². The number of nitrogens with two attached hydrogens (primary N) is 1. The minimum absolute atomic E-state index is 0.113. The summed E-state index contributed by atoms with van der Waals surface area (Å²) in [5.41, 5.74) is 2.65. The SMILES string of the molecule is CCC(C)C(C)NC(=O)c1ccc(NN)nn1. The van der Waals surface area contributed by atoms with Gasteiger partial charge in [-0.3, -0.25) is 4.79 Å². The van der Waals surface area contributed by atoms with Crippen molar-refractivity contribution in [2.75, 3.05) is 5.43 Å². The number of nitrogen functional groups attached to an aromatic ring is 1. The highest BCUT2D eigenvalue weighted by atomic mass is 16.2. The first kappa shape index (κ1) is 13.4. The minimum atomic E-state index is -0.214. The zero-order valence-electron chi connectivity index (χ0n) is 10.4. The highest BCUT2D eigenvalue weighted by molar-refractivity contribution is 5.92. The molecule has 0 aliphatic heterocycles. The van der Waals surface area contributed by atoms with Gasteiger partial charge in [0.2, 0.25) is 0 Å². The van der Waals surface area contributed by atoms with Crippen LogP contribution in [0.3, 0.4) is 0 Å². The second kappa shape index (κ2) is 6.15. The van der Waals surface area contributed by atoms with Crippen LogP contribution >= 0.6 is 0 Å². The van der Waals surface area contributed by atoms with Crippen molar-refractivity contribution in [1.82, 2.24) is 15.5 Å². The lowest BCUT2D eigenvalue weighted by molar-refractivity contribution is 0.0922. The number of amides is 1. The van der Waals surface area contributed by atoms with E-state index >= 15 is 0 Å². The van der Waals surface area contributed by atoms with E-state index in [2.05, 4.69) is 34.8 Å². The Morgan fingerprint density at radius 1 is 1.41 bits per heavy atom. The number of carbonyl (C=O) groups is 1. The molecule has 6 heteroatoms. The number of nitrogens with one attached hydrogen (secondary N) is 2. The lowest BCUT2D eigenvalue weighted by Gasteiger charge is -2.19. The van der Waals surface area contributed by atoms with Gasteiger partial charge < -0.3 is 10.7 Å². The van der Waals surface area contributed by atoms with Gasteiger partial charge in [0.15, 0.2) is 11.5 Å². The molecule has 0 aliphatic rings. The molecular weight excluding hydrogens is 218 g/mol. The minimum Gasteiger partial charge on any atom is -0.348 e. The molecule has 0 bridgehead atoms. The molecule has 0 saturated heterocycles. The quantitative estimate of drug-likeness (QED) is 0.523. The van der Waals surface area contributed by atoms with Crippen molar-refractivity contribution >= 4 is 11.7 Å². The molecule has 1 aromatic rings. The lowest BCUT2D eigenvalue weighted by atomic mass is 10.0. The van der Waals surface area contributed by atoms with Crippen LogP contribution in [0.2, 0.25) is 0 Å². The number of hydrogen-bond donors (Lipinski definition) is 3. The maximum absolute atomic E-state index is 11.8. The summed E-state index contributed by atoms with van der Waals surface area (Å²) in [6, 6.07) is 3.30. The zero-order chi connectivity index (χ0) is 12.8. The van der Waals surface area contributed by atoms with Gasteiger partial charge in [0.1, 0.15) is 0 Å². The summed E-state index contributed by atoms with van der Waals surface area (Å²) >= 11 is 0. The lowest BCUT2D eigenvalue weighted by Crippen LogP contribution is -2.37. The Morgan fingerprint density at radius 3 is 2.59 bits per heavy atom. The predicted octanol–water partition coefficient (Wildman–Crippen LogP) is 0.927. The zero-order valence-corrected chi connectivity index (χ0v) is 10.4. The number of carbonyl (C=O) groups excluding carboxylic acids is 1. The van der Waals surface area contributed by atoms with Gasteiger partial charge in [0.05, 0.1) is 0 Å². The van der Waals surface area contributed by atoms with Crippen molar-refractivity contribution in [2.45, 2.75) is 33.2 Å². The largest absolute Gasteiger partial charge is 0.348 e. The maximum Gasteiger partial charge on any atom is 0.272 e. The van der Waals surface area contributed by atoms with E-state index in [-0.39, 0.29) is 11.9 Å². The molecule has 94 valence electrons. The molecule has 1 heterocycles. The Bertz CT molecular complexity index is 365. The summed E-state index contributed by atoms with van der Waals surface area (Å²) in [4.78, 5) is 11.8. The predicted molar refractivity (Wildman–Crippen MR) is 66.2 cm³/mol. The summed E-state index contributed by atoms with van der Waals surface area (Å²) in [6.07, 6.45) is 1.02. The molecule has 4 N–H and O–H groups in total. The molecule has 0 spiro atoms. The first-order valence-corrected chi connectivity index (χ1v) is 5.69. The fourth-order valence-electron chi connectivity index (χ4n) is 1.31. The summed E-state index contributed by atoms with van der Waals surface area (Å²) in [5.74, 6) is 5.80. The molecule has 1 amide bonds. The van der Waals surface area contributed by atoms with Crippen LogP contribution in [-0.4, -0.2) is 22.1 Å². The average molecular weight is 237 g/mol. The van der Waals surface area contributed by atoms with Crippen LogP contribution in [-0.2, 0) is 0 Å². The van der Waals surface area contributed by atoms with E-state index in [1.165, 1.54) is 0 Å². The molecule has 0 fully saturated rings. The fourth-order valence-corrected chi connectivity index (χ4v) is 1.31. The highest BCUT2D eigenvalue weighted by Gasteiger charge is 2.15. The number of rotatable bonds is 5. The Hall–Kier alpha value is -1.69. The third kappa shape index (κ3) is 3.67. The molecule has 17 heavy (non-hydrogen) atoms. The molecule has 0 aromatic carbocycles. The Labute approximate surface area is 101 Å². The molecule has 1 aromatic heterocycles. The number of anilines is 1. The second-order valence-electron chi connectivity index (χ2n) is 4.10. The number of hydrogen-bond acceptors (Lipinski definition) is 5. The van der Waals surface area contributed by atoms with Gasteiger partial charge in [0, 0.05) is 6.04 Å². The smallest absolute Gasteiger partial charge is 0.272 e. The molecule has 2 unspecified atom stereocenters. The summed E-state index contributed by atoms with van der Waals surface area (Å²) in [5, 5.41) is 10.4. The maximum atomic E-state index is 11.8. The van der Waals surface area contributed by atoms with Crippen LogP contribution in [0.1, 0.15) is 37.7 Å². The number of nitrogens with zero attached hydrogens (tertiary/aromatic N) is 2. The molecule has 0 radical (unpaired) electrons. The van der Waals surface area contributed by atoms with Crippen molar-refractivity contribution in [3.8, 4) is 0 Å². The second-order valence-corrected chi connectivity index (χ2v) is 4.10. The molecular formula is C11H19N5O. The highest BCUT2D eigenvalue weighted by Crippen LogP contribution is 2.07. The average Bonchev–Trinajstić information content (AvgIpc) is 2.37. The van der Waals surface area contributed by atoms with Crippen molar-refractivity contribution in [1.29, 1.82) is 0 Å². The summed E-state index contributed by atoms with van der Waals surface area (Å²) in [6.45, 7) is 6.17. The van der Waals surface area contributed by atoms with Crippen LogP contribution in [0, 0.1) is 5.92 Å². The Morgan fingerprint density at radius 2 is 2.12 bits per heavy atom. The molecule has 6 nitrogen and oxygen atoms in total. The topological polar surface area (TPSA) is 92.9 Å². The van der Waals surface area contributed by atoms with Gasteiger partial charge in [-0.15, -0.1) is 10.2 Å². The van der Waals surface area contributed by atoms with Gasteiger partial charge in [-0.25, -0.2) is 5.84 Å². The molecule has 2 atom stereocenters. The number of aromatic nitrogens is 2. The van der Waals surface area contributed by atoms with Gasteiger partial charge in [-0.2, -0.15) is 0 Å². The fraction of sp³-hybridized carbons (Fsp3) is 0.545. The third-order valence-electron chi connectivity index (χ3n) is 2.90. The van der Waals surface area contributed by atoms with Gasteiger partial charge in [0.25, 0.3) is 5.91 Å². The molecule has 0 aliphatic carbocycles. The van der Waals surface area contributed by atoms with Crippen molar-refractivity contribution in [2.24, 2.45) is 11.8 Å². The van der Waals surface area contributed by atoms with Gasteiger partial charge in [-0.1, -0.05) is 20.3 Å². The normalized spacial score (nSPS) is 13.9. The van der Waals surface area contributed by atoms with E-state index < -0.39 is 0 Å². The van der Waals surface area contributed by atoms with Crippen LogP contribution in [0.4, 0.5) is 5.82 Å². The monoisotopic (exact) mass is 237 g/mol. The van der Waals surface area contributed by atoms with Crippen LogP contribution in [0.25, 0.3) is 0 Å².